The van der Waals surface area contributed by atoms with Gasteiger partial charge in [-0.3, -0.25) is 0 Å². The van der Waals surface area contributed by atoms with Gasteiger partial charge in [0, 0.05) is 4.47 Å². The molecule has 0 saturated carbocycles. The summed E-state index contributed by atoms with van der Waals surface area (Å²) in [5.74, 6) is 0. The van der Waals surface area contributed by atoms with E-state index in [4.69, 9.17) is 22.1 Å². The Morgan fingerprint density at radius 2 is 2.25 bits per heavy atom. The molecule has 1 aromatic rings. The third-order valence-electron chi connectivity index (χ3n) is 2.66. The molecule has 0 amide bonds. The average Bonchev–Trinajstić information content (AvgIpc) is 2.33. The Hall–Kier alpha value is -0.510. The number of halogens is 2. The van der Waals surface area contributed by atoms with E-state index in [2.05, 4.69) is 15.9 Å². The van der Waals surface area contributed by atoms with E-state index in [0.717, 1.165) is 35.1 Å². The van der Waals surface area contributed by atoms with E-state index in [0.29, 0.717) is 5.02 Å². The smallest absolute Gasteiger partial charge is 0.0876 e. The van der Waals surface area contributed by atoms with Crippen LogP contribution in [0, 0.1) is 0 Å². The van der Waals surface area contributed by atoms with Gasteiger partial charge in [0.1, 0.15) is 0 Å². The minimum atomic E-state index is -0.103. The van der Waals surface area contributed by atoms with Crippen LogP contribution < -0.4 is 5.73 Å². The Kier molecular flexibility index (Phi) is 3.90. The first-order valence-electron chi connectivity index (χ1n) is 5.19. The van der Waals surface area contributed by atoms with Crippen LogP contribution in [0.1, 0.15) is 24.4 Å². The molecule has 0 aliphatic carbocycles. The maximum atomic E-state index is 6.18. The molecule has 1 aliphatic rings. The molecule has 2 nitrogen and oxygen atoms in total. The Bertz CT molecular complexity index is 419. The van der Waals surface area contributed by atoms with Gasteiger partial charge in [0.25, 0.3) is 0 Å². The van der Waals surface area contributed by atoms with Gasteiger partial charge in [-0.1, -0.05) is 17.7 Å². The minimum absolute atomic E-state index is 0.103. The fourth-order valence-electron chi connectivity index (χ4n) is 1.73. The first kappa shape index (κ1) is 12.0. The summed E-state index contributed by atoms with van der Waals surface area (Å²) in [5, 5.41) is 0.699. The largest absolute Gasteiger partial charge is 0.501 e. The quantitative estimate of drug-likeness (QED) is 0.902. The van der Waals surface area contributed by atoms with Gasteiger partial charge in [0.15, 0.2) is 0 Å². The van der Waals surface area contributed by atoms with Gasteiger partial charge in [-0.25, -0.2) is 0 Å². The summed E-state index contributed by atoms with van der Waals surface area (Å²) in [6, 6.07) is 5.66. The molecule has 0 radical (unpaired) electrons. The maximum absolute atomic E-state index is 6.18. The lowest BCUT2D eigenvalue weighted by molar-refractivity contribution is 0.221. The van der Waals surface area contributed by atoms with Crippen molar-refractivity contribution in [2.24, 2.45) is 5.73 Å². The van der Waals surface area contributed by atoms with Crippen molar-refractivity contribution in [1.82, 2.24) is 0 Å². The lowest BCUT2D eigenvalue weighted by atomic mass is 9.96. The highest BCUT2D eigenvalue weighted by atomic mass is 79.9. The summed E-state index contributed by atoms with van der Waals surface area (Å²) in [6.45, 7) is 0.792. The molecular formula is C12H13BrClNO. The zero-order chi connectivity index (χ0) is 11.5. The zero-order valence-electron chi connectivity index (χ0n) is 8.75. The van der Waals surface area contributed by atoms with Crippen LogP contribution in [0.4, 0.5) is 0 Å². The van der Waals surface area contributed by atoms with Gasteiger partial charge in [-0.2, -0.15) is 0 Å². The van der Waals surface area contributed by atoms with Gasteiger partial charge in [0.2, 0.25) is 0 Å². The second-order valence-electron chi connectivity index (χ2n) is 3.82. The fraction of sp³-hybridized carbons (Fsp3) is 0.333. The number of rotatable bonds is 2. The standard InChI is InChI=1S/C12H13BrClNO/c13-10-6-8(3-4-11(10)14)12(15)9-2-1-5-16-7-9/h3-4,6-7,12H,1-2,5,15H2. The van der Waals surface area contributed by atoms with Crippen molar-refractivity contribution in [1.29, 1.82) is 0 Å². The summed E-state index contributed by atoms with van der Waals surface area (Å²) in [5.41, 5.74) is 8.36. The molecule has 0 saturated heterocycles. The monoisotopic (exact) mass is 301 g/mol. The van der Waals surface area contributed by atoms with Gasteiger partial charge >= 0.3 is 0 Å². The van der Waals surface area contributed by atoms with Crippen LogP contribution in [-0.4, -0.2) is 6.61 Å². The second kappa shape index (κ2) is 5.21. The van der Waals surface area contributed by atoms with E-state index in [1.807, 2.05) is 18.2 Å². The SMILES string of the molecule is NC(C1=COCCC1)c1ccc(Cl)c(Br)c1. The molecule has 0 fully saturated rings. The normalized spacial score (nSPS) is 17.6. The van der Waals surface area contributed by atoms with Gasteiger partial charge < -0.3 is 10.5 Å². The fourth-order valence-corrected chi connectivity index (χ4v) is 2.25. The van der Waals surface area contributed by atoms with Crippen LogP contribution in [-0.2, 0) is 4.74 Å². The molecular weight excluding hydrogens is 289 g/mol. The molecule has 1 unspecified atom stereocenters. The zero-order valence-corrected chi connectivity index (χ0v) is 11.1. The average molecular weight is 303 g/mol. The maximum Gasteiger partial charge on any atom is 0.0876 e. The molecule has 2 N–H and O–H groups in total. The van der Waals surface area contributed by atoms with E-state index >= 15 is 0 Å². The van der Waals surface area contributed by atoms with Crippen LogP contribution in [0.3, 0.4) is 0 Å². The van der Waals surface area contributed by atoms with Gasteiger partial charge in [-0.15, -0.1) is 0 Å². The van der Waals surface area contributed by atoms with Crippen LogP contribution in [0.15, 0.2) is 34.5 Å². The molecule has 86 valence electrons. The number of nitrogens with two attached hydrogens (primary N) is 1. The molecule has 1 aliphatic heterocycles. The van der Waals surface area contributed by atoms with E-state index in [1.54, 1.807) is 6.26 Å². The van der Waals surface area contributed by atoms with Crippen molar-refractivity contribution < 1.29 is 4.74 Å². The summed E-state index contributed by atoms with van der Waals surface area (Å²) < 4.78 is 6.17. The molecule has 0 aromatic heterocycles. The summed E-state index contributed by atoms with van der Waals surface area (Å²) in [7, 11) is 0. The molecule has 0 spiro atoms. The van der Waals surface area contributed by atoms with Crippen LogP contribution in [0.25, 0.3) is 0 Å². The predicted octanol–water partition coefficient (Wildman–Crippen LogP) is 3.80. The van der Waals surface area contributed by atoms with Crippen molar-refractivity contribution >= 4 is 27.5 Å². The van der Waals surface area contributed by atoms with E-state index in [-0.39, 0.29) is 6.04 Å². The van der Waals surface area contributed by atoms with Crippen molar-refractivity contribution in [3.05, 3.63) is 45.1 Å². The minimum Gasteiger partial charge on any atom is -0.501 e. The van der Waals surface area contributed by atoms with Crippen LogP contribution in [0.5, 0.6) is 0 Å². The second-order valence-corrected chi connectivity index (χ2v) is 5.08. The summed E-state index contributed by atoms with van der Waals surface area (Å²) in [4.78, 5) is 0. The lowest BCUT2D eigenvalue weighted by Crippen LogP contribution is -2.16. The van der Waals surface area contributed by atoms with Crippen molar-refractivity contribution in [2.45, 2.75) is 18.9 Å². The van der Waals surface area contributed by atoms with Crippen molar-refractivity contribution in [3.63, 3.8) is 0 Å². The number of hydrogen-bond acceptors (Lipinski definition) is 2. The first-order valence-corrected chi connectivity index (χ1v) is 6.36. The third-order valence-corrected chi connectivity index (χ3v) is 3.88. The number of benzene rings is 1. The third kappa shape index (κ3) is 2.59. The summed E-state index contributed by atoms with van der Waals surface area (Å²) >= 11 is 9.34. The van der Waals surface area contributed by atoms with Crippen LogP contribution in [0.2, 0.25) is 5.02 Å². The van der Waals surface area contributed by atoms with Crippen molar-refractivity contribution in [3.8, 4) is 0 Å². The van der Waals surface area contributed by atoms with Crippen LogP contribution >= 0.6 is 27.5 Å². The first-order chi connectivity index (χ1) is 7.68. The van der Waals surface area contributed by atoms with E-state index in [1.165, 1.54) is 0 Å². The molecule has 2 rings (SSSR count). The van der Waals surface area contributed by atoms with Gasteiger partial charge in [-0.05, 0) is 52.0 Å². The highest BCUT2D eigenvalue weighted by Crippen LogP contribution is 2.30. The van der Waals surface area contributed by atoms with E-state index < -0.39 is 0 Å². The number of ether oxygens (including phenoxy) is 1. The molecule has 0 bridgehead atoms. The Morgan fingerprint density at radius 3 is 2.88 bits per heavy atom. The van der Waals surface area contributed by atoms with E-state index in [9.17, 15) is 0 Å². The molecule has 1 atom stereocenters. The Balaban J connectivity index is 2.22. The molecule has 1 heterocycles. The number of hydrogen-bond donors (Lipinski definition) is 1. The van der Waals surface area contributed by atoms with Gasteiger partial charge in [0.05, 0.1) is 23.9 Å². The predicted molar refractivity (Wildman–Crippen MR) is 69.3 cm³/mol. The Morgan fingerprint density at radius 1 is 1.44 bits per heavy atom. The highest BCUT2D eigenvalue weighted by Gasteiger charge is 2.15. The Labute approximate surface area is 109 Å². The highest BCUT2D eigenvalue weighted by molar-refractivity contribution is 9.10. The summed E-state index contributed by atoms with van der Waals surface area (Å²) in [6.07, 6.45) is 3.83. The topological polar surface area (TPSA) is 35.2 Å². The van der Waals surface area contributed by atoms with Crippen molar-refractivity contribution in [2.75, 3.05) is 6.61 Å². The lowest BCUT2D eigenvalue weighted by Gasteiger charge is -2.20. The molecule has 16 heavy (non-hydrogen) atoms. The molecule has 1 aromatic carbocycles. The molecule has 4 heteroatoms.